The molecule has 1 aromatic carbocycles. The van der Waals surface area contributed by atoms with E-state index in [9.17, 15) is 5.11 Å². The fourth-order valence-corrected chi connectivity index (χ4v) is 3.32. The molecular weight excluding hydrogens is 298 g/mol. The van der Waals surface area contributed by atoms with E-state index < -0.39 is 6.10 Å². The molecule has 4 heteroatoms. The van der Waals surface area contributed by atoms with Gasteiger partial charge in [-0.15, -0.1) is 0 Å². The molecule has 4 nitrogen and oxygen atoms in total. The average Bonchev–Trinajstić information content (AvgIpc) is 2.62. The molecule has 2 aromatic rings. The number of aliphatic hydroxyl groups excluding tert-OH is 1. The predicted octanol–water partition coefficient (Wildman–Crippen LogP) is 2.68. The van der Waals surface area contributed by atoms with Crippen molar-refractivity contribution in [2.24, 2.45) is 0 Å². The van der Waals surface area contributed by atoms with Crippen LogP contribution in [0.2, 0.25) is 0 Å². The van der Waals surface area contributed by atoms with E-state index in [1.807, 2.05) is 24.5 Å². The summed E-state index contributed by atoms with van der Waals surface area (Å²) in [6.07, 6.45) is 5.55. The Hall–Kier alpha value is -1.75. The number of aryl methyl sites for hydroxylation is 1. The van der Waals surface area contributed by atoms with Crippen LogP contribution in [0.3, 0.4) is 0 Å². The molecule has 1 aliphatic heterocycles. The SMILES string of the molecule is Cc1cccc(C(O)CNC2CCN(Cc3ccncc3)CC2)c1. The Labute approximate surface area is 144 Å². The molecule has 2 heterocycles. The monoisotopic (exact) mass is 325 g/mol. The first-order chi connectivity index (χ1) is 11.7. The van der Waals surface area contributed by atoms with Gasteiger partial charge in [0.2, 0.25) is 0 Å². The van der Waals surface area contributed by atoms with Gasteiger partial charge in [-0.1, -0.05) is 29.8 Å². The maximum absolute atomic E-state index is 10.3. The molecule has 1 unspecified atom stereocenters. The van der Waals surface area contributed by atoms with Crippen LogP contribution in [-0.2, 0) is 6.54 Å². The van der Waals surface area contributed by atoms with Crippen LogP contribution in [-0.4, -0.2) is 40.7 Å². The third-order valence-electron chi connectivity index (χ3n) is 4.77. The summed E-state index contributed by atoms with van der Waals surface area (Å²) in [5.74, 6) is 0. The molecule has 2 N–H and O–H groups in total. The van der Waals surface area contributed by atoms with Crippen molar-refractivity contribution in [2.75, 3.05) is 19.6 Å². The third kappa shape index (κ3) is 4.87. The van der Waals surface area contributed by atoms with Gasteiger partial charge in [-0.25, -0.2) is 0 Å². The number of pyridine rings is 1. The van der Waals surface area contributed by atoms with E-state index in [0.717, 1.165) is 38.0 Å². The number of nitrogens with zero attached hydrogens (tertiary/aromatic N) is 2. The standard InChI is InChI=1S/C20H27N3O/c1-16-3-2-4-18(13-16)20(24)14-22-19-7-11-23(12-8-19)15-17-5-9-21-10-6-17/h2-6,9-10,13,19-20,22,24H,7-8,11-12,14-15H2,1H3. The Bertz CT molecular complexity index is 624. The van der Waals surface area contributed by atoms with Crippen LogP contribution in [0.1, 0.15) is 35.6 Å². The molecule has 0 aliphatic carbocycles. The van der Waals surface area contributed by atoms with Crippen LogP contribution in [0.25, 0.3) is 0 Å². The van der Waals surface area contributed by atoms with E-state index in [-0.39, 0.29) is 0 Å². The van der Waals surface area contributed by atoms with Crippen molar-refractivity contribution in [3.63, 3.8) is 0 Å². The summed E-state index contributed by atoms with van der Waals surface area (Å²) in [5.41, 5.74) is 3.51. The van der Waals surface area contributed by atoms with Crippen molar-refractivity contribution >= 4 is 0 Å². The molecule has 1 aliphatic rings. The zero-order chi connectivity index (χ0) is 16.8. The quantitative estimate of drug-likeness (QED) is 0.857. The lowest BCUT2D eigenvalue weighted by Crippen LogP contribution is -2.43. The summed E-state index contributed by atoms with van der Waals surface area (Å²) in [4.78, 5) is 6.56. The van der Waals surface area contributed by atoms with Gasteiger partial charge in [0.1, 0.15) is 0 Å². The molecule has 3 rings (SSSR count). The van der Waals surface area contributed by atoms with Gasteiger partial charge >= 0.3 is 0 Å². The Morgan fingerprint density at radius 2 is 1.96 bits per heavy atom. The molecule has 1 fully saturated rings. The second kappa shape index (κ2) is 8.38. The minimum Gasteiger partial charge on any atom is -0.387 e. The molecule has 0 saturated carbocycles. The van der Waals surface area contributed by atoms with E-state index >= 15 is 0 Å². The van der Waals surface area contributed by atoms with Gasteiger partial charge in [0.05, 0.1) is 6.10 Å². The van der Waals surface area contributed by atoms with Crippen LogP contribution in [0.15, 0.2) is 48.8 Å². The zero-order valence-corrected chi connectivity index (χ0v) is 14.4. The second-order valence-electron chi connectivity index (χ2n) is 6.74. The molecule has 0 radical (unpaired) electrons. The molecule has 0 amide bonds. The van der Waals surface area contributed by atoms with Crippen molar-refractivity contribution in [1.29, 1.82) is 0 Å². The maximum Gasteiger partial charge on any atom is 0.0914 e. The normalized spacial score (nSPS) is 17.8. The summed E-state index contributed by atoms with van der Waals surface area (Å²) < 4.78 is 0. The number of rotatable bonds is 6. The Morgan fingerprint density at radius 3 is 2.67 bits per heavy atom. The first-order valence-electron chi connectivity index (χ1n) is 8.80. The van der Waals surface area contributed by atoms with E-state index in [4.69, 9.17) is 0 Å². The largest absolute Gasteiger partial charge is 0.387 e. The summed E-state index contributed by atoms with van der Waals surface area (Å²) in [6.45, 7) is 5.88. The molecule has 1 aromatic heterocycles. The topological polar surface area (TPSA) is 48.4 Å². The zero-order valence-electron chi connectivity index (χ0n) is 14.4. The molecule has 24 heavy (non-hydrogen) atoms. The molecule has 128 valence electrons. The van der Waals surface area contributed by atoms with Crippen molar-refractivity contribution < 1.29 is 5.11 Å². The van der Waals surface area contributed by atoms with Gasteiger partial charge < -0.3 is 10.4 Å². The van der Waals surface area contributed by atoms with Gasteiger partial charge in [0.25, 0.3) is 0 Å². The lowest BCUT2D eigenvalue weighted by Gasteiger charge is -2.33. The highest BCUT2D eigenvalue weighted by molar-refractivity contribution is 5.24. The van der Waals surface area contributed by atoms with Crippen molar-refractivity contribution in [1.82, 2.24) is 15.2 Å². The summed E-state index contributed by atoms with van der Waals surface area (Å²) in [7, 11) is 0. The third-order valence-corrected chi connectivity index (χ3v) is 4.77. The number of likely N-dealkylation sites (tertiary alicyclic amines) is 1. The molecule has 0 spiro atoms. The minimum atomic E-state index is -0.431. The predicted molar refractivity (Wildman–Crippen MR) is 96.7 cm³/mol. The first kappa shape index (κ1) is 17.1. The summed E-state index contributed by atoms with van der Waals surface area (Å²) >= 11 is 0. The Morgan fingerprint density at radius 1 is 1.21 bits per heavy atom. The summed E-state index contributed by atoms with van der Waals surface area (Å²) in [5, 5.41) is 13.9. The summed E-state index contributed by atoms with van der Waals surface area (Å²) in [6, 6.07) is 12.8. The fourth-order valence-electron chi connectivity index (χ4n) is 3.32. The smallest absolute Gasteiger partial charge is 0.0914 e. The van der Waals surface area contributed by atoms with Gasteiger partial charge in [-0.05, 0) is 56.1 Å². The lowest BCUT2D eigenvalue weighted by molar-refractivity contribution is 0.149. The highest BCUT2D eigenvalue weighted by Gasteiger charge is 2.20. The highest BCUT2D eigenvalue weighted by atomic mass is 16.3. The fraction of sp³-hybridized carbons (Fsp3) is 0.450. The average molecular weight is 325 g/mol. The highest BCUT2D eigenvalue weighted by Crippen LogP contribution is 2.16. The van der Waals surface area contributed by atoms with Gasteiger partial charge in [0.15, 0.2) is 0 Å². The minimum absolute atomic E-state index is 0.431. The van der Waals surface area contributed by atoms with Gasteiger partial charge in [-0.3, -0.25) is 9.88 Å². The number of nitrogens with one attached hydrogen (secondary N) is 1. The number of aliphatic hydroxyl groups is 1. The molecule has 1 saturated heterocycles. The number of hydrogen-bond donors (Lipinski definition) is 2. The molecule has 0 bridgehead atoms. The van der Waals surface area contributed by atoms with E-state index in [1.165, 1.54) is 11.1 Å². The van der Waals surface area contributed by atoms with Crippen molar-refractivity contribution in [3.8, 4) is 0 Å². The number of piperidine rings is 1. The Kier molecular flexibility index (Phi) is 5.96. The molecular formula is C20H27N3O. The van der Waals surface area contributed by atoms with Crippen molar-refractivity contribution in [3.05, 3.63) is 65.5 Å². The second-order valence-corrected chi connectivity index (χ2v) is 6.74. The van der Waals surface area contributed by atoms with Crippen molar-refractivity contribution in [2.45, 2.75) is 38.5 Å². The van der Waals surface area contributed by atoms with Crippen LogP contribution in [0.5, 0.6) is 0 Å². The van der Waals surface area contributed by atoms with Gasteiger partial charge in [-0.2, -0.15) is 0 Å². The number of hydrogen-bond acceptors (Lipinski definition) is 4. The van der Waals surface area contributed by atoms with Crippen LogP contribution >= 0.6 is 0 Å². The Balaban J connectivity index is 1.41. The molecule has 1 atom stereocenters. The maximum atomic E-state index is 10.3. The van der Waals surface area contributed by atoms with Crippen LogP contribution in [0.4, 0.5) is 0 Å². The lowest BCUT2D eigenvalue weighted by atomic mass is 10.0. The first-order valence-corrected chi connectivity index (χ1v) is 8.80. The van der Waals surface area contributed by atoms with E-state index in [2.05, 4.69) is 46.4 Å². The van der Waals surface area contributed by atoms with Crippen LogP contribution in [0, 0.1) is 6.92 Å². The van der Waals surface area contributed by atoms with Gasteiger partial charge in [0, 0.05) is 31.5 Å². The number of benzene rings is 1. The van der Waals surface area contributed by atoms with Crippen LogP contribution < -0.4 is 5.32 Å². The number of aromatic nitrogens is 1. The van der Waals surface area contributed by atoms with E-state index in [1.54, 1.807) is 0 Å². The van der Waals surface area contributed by atoms with E-state index in [0.29, 0.717) is 12.6 Å².